The zero-order chi connectivity index (χ0) is 17.1. The molecule has 1 aromatic carbocycles. The molecule has 2 heterocycles. The first kappa shape index (κ1) is 15.9. The van der Waals surface area contributed by atoms with Gasteiger partial charge in [0.05, 0.1) is 18.9 Å². The van der Waals surface area contributed by atoms with Gasteiger partial charge in [0.25, 0.3) is 0 Å². The molecule has 0 spiro atoms. The molecule has 0 saturated heterocycles. The van der Waals surface area contributed by atoms with Crippen LogP contribution >= 0.6 is 11.3 Å². The number of hydrogen-bond donors (Lipinski definition) is 1. The highest BCUT2D eigenvalue weighted by Crippen LogP contribution is 2.19. The van der Waals surface area contributed by atoms with E-state index in [9.17, 15) is 14.4 Å². The predicted octanol–water partition coefficient (Wildman–Crippen LogP) is 2.82. The molecular weight excluding hydrogens is 330 g/mol. The molecule has 0 aliphatic heterocycles. The topological polar surface area (TPSA) is 85.6 Å². The lowest BCUT2D eigenvalue weighted by atomic mass is 10.2. The maximum Gasteiger partial charge on any atom is 0.374 e. The predicted molar refractivity (Wildman–Crippen MR) is 90.5 cm³/mol. The van der Waals surface area contributed by atoms with Crippen LogP contribution in [0.25, 0.3) is 11.0 Å². The lowest BCUT2D eigenvalue weighted by molar-refractivity contribution is -0.115. The van der Waals surface area contributed by atoms with E-state index in [2.05, 4.69) is 10.1 Å². The Balaban J connectivity index is 1.86. The highest BCUT2D eigenvalue weighted by molar-refractivity contribution is 7.10. The van der Waals surface area contributed by atoms with Gasteiger partial charge in [-0.3, -0.25) is 9.59 Å². The van der Waals surface area contributed by atoms with Crippen LogP contribution in [0.3, 0.4) is 0 Å². The molecule has 0 radical (unpaired) electrons. The largest absolute Gasteiger partial charge is 0.463 e. The summed E-state index contributed by atoms with van der Waals surface area (Å²) in [5.74, 6) is -1.06. The fourth-order valence-corrected chi connectivity index (χ4v) is 2.92. The monoisotopic (exact) mass is 343 g/mol. The Morgan fingerprint density at radius 2 is 2.08 bits per heavy atom. The first-order valence-electron chi connectivity index (χ1n) is 7.05. The molecule has 3 aromatic rings. The van der Waals surface area contributed by atoms with Gasteiger partial charge in [-0.05, 0) is 29.6 Å². The van der Waals surface area contributed by atoms with E-state index in [4.69, 9.17) is 4.42 Å². The van der Waals surface area contributed by atoms with Gasteiger partial charge in [-0.25, -0.2) is 4.79 Å². The Kier molecular flexibility index (Phi) is 4.43. The number of hydrogen-bond acceptors (Lipinski definition) is 6. The van der Waals surface area contributed by atoms with E-state index in [1.54, 1.807) is 6.07 Å². The van der Waals surface area contributed by atoms with Crippen LogP contribution in [-0.2, 0) is 16.0 Å². The summed E-state index contributed by atoms with van der Waals surface area (Å²) in [7, 11) is 1.21. The van der Waals surface area contributed by atoms with Crippen molar-refractivity contribution in [2.45, 2.75) is 6.42 Å². The molecule has 0 saturated carbocycles. The molecule has 0 aliphatic rings. The van der Waals surface area contributed by atoms with E-state index >= 15 is 0 Å². The number of fused-ring (bicyclic) bond motifs is 1. The minimum Gasteiger partial charge on any atom is -0.463 e. The number of anilines is 1. The van der Waals surface area contributed by atoms with Gasteiger partial charge in [-0.15, -0.1) is 11.3 Å². The van der Waals surface area contributed by atoms with Crippen molar-refractivity contribution in [1.82, 2.24) is 0 Å². The van der Waals surface area contributed by atoms with Gasteiger partial charge in [0.1, 0.15) is 5.58 Å². The molecule has 24 heavy (non-hydrogen) atoms. The molecule has 6 nitrogen and oxygen atoms in total. The fraction of sp³-hybridized carbons (Fsp3) is 0.118. The van der Waals surface area contributed by atoms with Gasteiger partial charge in [-0.2, -0.15) is 0 Å². The van der Waals surface area contributed by atoms with Crippen LogP contribution in [-0.4, -0.2) is 19.0 Å². The summed E-state index contributed by atoms with van der Waals surface area (Å²) in [5, 5.41) is 4.92. The molecular formula is C17H13NO5S. The number of rotatable bonds is 4. The number of benzene rings is 1. The highest BCUT2D eigenvalue weighted by atomic mass is 32.1. The minimum atomic E-state index is -0.720. The number of carbonyl (C=O) groups is 2. The molecule has 0 bridgehead atoms. The molecule has 122 valence electrons. The van der Waals surface area contributed by atoms with Crippen molar-refractivity contribution < 1.29 is 18.7 Å². The van der Waals surface area contributed by atoms with Crippen molar-refractivity contribution in [3.8, 4) is 0 Å². The second-order valence-electron chi connectivity index (χ2n) is 4.98. The van der Waals surface area contributed by atoms with Gasteiger partial charge in [0.2, 0.25) is 11.7 Å². The van der Waals surface area contributed by atoms with Crippen molar-refractivity contribution in [2.24, 2.45) is 0 Å². The van der Waals surface area contributed by atoms with Crippen LogP contribution in [0.1, 0.15) is 15.4 Å². The Bertz CT molecular complexity index is 959. The number of amides is 1. The van der Waals surface area contributed by atoms with Gasteiger partial charge < -0.3 is 14.5 Å². The molecule has 3 rings (SSSR count). The summed E-state index contributed by atoms with van der Waals surface area (Å²) in [6.45, 7) is 0. The number of methoxy groups -OCH3 is 1. The average molecular weight is 343 g/mol. The molecule has 1 amide bonds. The lowest BCUT2D eigenvalue weighted by Gasteiger charge is -2.06. The lowest BCUT2D eigenvalue weighted by Crippen LogP contribution is -2.14. The molecule has 0 fully saturated rings. The van der Waals surface area contributed by atoms with Crippen molar-refractivity contribution in [3.05, 3.63) is 62.6 Å². The van der Waals surface area contributed by atoms with Crippen molar-refractivity contribution in [3.63, 3.8) is 0 Å². The summed E-state index contributed by atoms with van der Waals surface area (Å²) >= 11 is 1.50. The van der Waals surface area contributed by atoms with Crippen molar-refractivity contribution >= 4 is 39.9 Å². The molecule has 2 aromatic heterocycles. The molecule has 1 N–H and O–H groups in total. The third kappa shape index (κ3) is 3.36. The number of esters is 1. The first-order chi connectivity index (χ1) is 11.6. The van der Waals surface area contributed by atoms with Crippen LogP contribution < -0.4 is 10.7 Å². The summed E-state index contributed by atoms with van der Waals surface area (Å²) in [4.78, 5) is 36.6. The van der Waals surface area contributed by atoms with E-state index in [0.29, 0.717) is 5.69 Å². The second-order valence-corrected chi connectivity index (χ2v) is 6.01. The molecule has 0 atom stereocenters. The van der Waals surface area contributed by atoms with Crippen LogP contribution in [0.2, 0.25) is 0 Å². The summed E-state index contributed by atoms with van der Waals surface area (Å²) in [6.07, 6.45) is 0.269. The maximum absolute atomic E-state index is 12.1. The van der Waals surface area contributed by atoms with Gasteiger partial charge in [0.15, 0.2) is 5.43 Å². The Morgan fingerprint density at radius 1 is 1.25 bits per heavy atom. The van der Waals surface area contributed by atoms with Crippen LogP contribution in [0, 0.1) is 0 Å². The number of thiophene rings is 1. The molecule has 0 aliphatic carbocycles. The van der Waals surface area contributed by atoms with Crippen LogP contribution in [0.15, 0.2) is 51.0 Å². The maximum atomic E-state index is 12.1. The smallest absolute Gasteiger partial charge is 0.374 e. The Morgan fingerprint density at radius 3 is 2.79 bits per heavy atom. The number of carbonyl (C=O) groups excluding carboxylic acids is 2. The normalized spacial score (nSPS) is 10.5. The first-order valence-corrected chi connectivity index (χ1v) is 7.93. The van der Waals surface area contributed by atoms with Gasteiger partial charge in [0, 0.05) is 16.6 Å². The number of nitrogens with one attached hydrogen (secondary N) is 1. The van der Waals surface area contributed by atoms with E-state index < -0.39 is 5.97 Å². The quantitative estimate of drug-likeness (QED) is 0.736. The Hall–Kier alpha value is -2.93. The summed E-state index contributed by atoms with van der Waals surface area (Å²) in [5.41, 5.74) is 0.354. The summed E-state index contributed by atoms with van der Waals surface area (Å²) in [6, 6.07) is 9.50. The second kappa shape index (κ2) is 6.67. The van der Waals surface area contributed by atoms with Crippen LogP contribution in [0.5, 0.6) is 0 Å². The van der Waals surface area contributed by atoms with Gasteiger partial charge >= 0.3 is 5.97 Å². The molecule has 0 unspecified atom stereocenters. The Labute approximate surface area is 140 Å². The SMILES string of the molecule is COC(=O)c1cc(=O)c2cc(NC(=O)Cc3cccs3)ccc2o1. The average Bonchev–Trinajstić information content (AvgIpc) is 3.07. The van der Waals surface area contributed by atoms with E-state index in [1.165, 1.54) is 30.6 Å². The third-order valence-corrected chi connectivity index (χ3v) is 4.19. The minimum absolute atomic E-state index is 0.163. The van der Waals surface area contributed by atoms with Gasteiger partial charge in [-0.1, -0.05) is 6.07 Å². The zero-order valence-electron chi connectivity index (χ0n) is 12.7. The standard InChI is InChI=1S/C17H13NO5S/c1-22-17(21)15-9-13(19)12-7-10(4-5-14(12)23-15)18-16(20)8-11-3-2-6-24-11/h2-7,9H,8H2,1H3,(H,18,20). The summed E-state index contributed by atoms with van der Waals surface area (Å²) < 4.78 is 9.89. The van der Waals surface area contributed by atoms with Crippen molar-refractivity contribution in [1.29, 1.82) is 0 Å². The molecule has 7 heteroatoms. The fourth-order valence-electron chi connectivity index (χ4n) is 2.21. The highest BCUT2D eigenvalue weighted by Gasteiger charge is 2.13. The van der Waals surface area contributed by atoms with Crippen molar-refractivity contribution in [2.75, 3.05) is 12.4 Å². The van der Waals surface area contributed by atoms with Crippen LogP contribution in [0.4, 0.5) is 5.69 Å². The zero-order valence-corrected chi connectivity index (χ0v) is 13.5. The van der Waals surface area contributed by atoms with E-state index in [1.807, 2.05) is 17.5 Å². The number of ether oxygens (including phenoxy) is 1. The third-order valence-electron chi connectivity index (χ3n) is 3.31. The van der Waals surface area contributed by atoms with E-state index in [-0.39, 0.29) is 34.5 Å². The van der Waals surface area contributed by atoms with E-state index in [0.717, 1.165) is 10.9 Å².